The van der Waals surface area contributed by atoms with E-state index < -0.39 is 0 Å². The van der Waals surface area contributed by atoms with Crippen LogP contribution in [0.4, 0.5) is 10.5 Å². The average Bonchev–Trinajstić information content (AvgIpc) is 2.98. The molecule has 0 radical (unpaired) electrons. The summed E-state index contributed by atoms with van der Waals surface area (Å²) >= 11 is 6.34. The Labute approximate surface area is 153 Å². The van der Waals surface area contributed by atoms with Crippen LogP contribution in [0.3, 0.4) is 0 Å². The number of nitrogens with one attached hydrogen (secondary N) is 1. The highest BCUT2D eigenvalue weighted by Gasteiger charge is 2.20. The zero-order valence-electron chi connectivity index (χ0n) is 15.1. The lowest BCUT2D eigenvalue weighted by atomic mass is 10.1. The van der Waals surface area contributed by atoms with Crippen LogP contribution in [0.25, 0.3) is 11.0 Å². The summed E-state index contributed by atoms with van der Waals surface area (Å²) in [7, 11) is 2.13. The number of benzene rings is 1. The normalized spacial score (nSPS) is 16.0. The standard InChI is InChI=1S/C18H26ClN5O/c1-13(2)4-5-20-18(25)24-12-21-17-15(10-14(19)11-16(17)24)23-8-6-22(3)7-9-23/h10-13H,4-9H2,1-3H3,(H,20,25). The van der Waals surface area contributed by atoms with Gasteiger partial charge in [0, 0.05) is 37.7 Å². The van der Waals surface area contributed by atoms with Crippen molar-refractivity contribution in [2.24, 2.45) is 5.92 Å². The third-order valence-electron chi connectivity index (χ3n) is 4.66. The van der Waals surface area contributed by atoms with Gasteiger partial charge in [0.25, 0.3) is 0 Å². The molecule has 2 heterocycles. The number of amides is 1. The highest BCUT2D eigenvalue weighted by molar-refractivity contribution is 6.31. The topological polar surface area (TPSA) is 53.4 Å². The second-order valence-electron chi connectivity index (χ2n) is 7.11. The number of rotatable bonds is 4. The molecule has 0 saturated carbocycles. The number of aromatic nitrogens is 2. The van der Waals surface area contributed by atoms with Crippen LogP contribution in [0.2, 0.25) is 5.02 Å². The Kier molecular flexibility index (Phi) is 5.49. The summed E-state index contributed by atoms with van der Waals surface area (Å²) in [4.78, 5) is 21.6. The molecule has 1 amide bonds. The summed E-state index contributed by atoms with van der Waals surface area (Å²) in [5, 5.41) is 3.58. The van der Waals surface area contributed by atoms with Gasteiger partial charge in [0.15, 0.2) is 0 Å². The van der Waals surface area contributed by atoms with Crippen LogP contribution in [0.5, 0.6) is 0 Å². The summed E-state index contributed by atoms with van der Waals surface area (Å²) in [5.74, 6) is 0.554. The van der Waals surface area contributed by atoms with Crippen molar-refractivity contribution < 1.29 is 4.79 Å². The van der Waals surface area contributed by atoms with Crippen LogP contribution < -0.4 is 10.2 Å². The molecule has 1 aliphatic heterocycles. The van der Waals surface area contributed by atoms with E-state index in [1.165, 1.54) is 0 Å². The Hall–Kier alpha value is -1.79. The molecule has 6 nitrogen and oxygen atoms in total. The Morgan fingerprint density at radius 3 is 2.68 bits per heavy atom. The van der Waals surface area contributed by atoms with E-state index in [9.17, 15) is 4.79 Å². The van der Waals surface area contributed by atoms with Crippen LogP contribution in [-0.4, -0.2) is 60.3 Å². The number of carbonyl (C=O) groups excluding carboxylic acids is 1. The molecular weight excluding hydrogens is 338 g/mol. The number of hydrogen-bond donors (Lipinski definition) is 1. The molecule has 1 N–H and O–H groups in total. The molecule has 0 unspecified atom stereocenters. The van der Waals surface area contributed by atoms with E-state index in [1.54, 1.807) is 10.9 Å². The number of piperazine rings is 1. The second kappa shape index (κ2) is 7.62. The van der Waals surface area contributed by atoms with Crippen molar-refractivity contribution in [3.8, 4) is 0 Å². The molecule has 1 aliphatic rings. The molecule has 0 spiro atoms. The Morgan fingerprint density at radius 2 is 2.00 bits per heavy atom. The maximum atomic E-state index is 12.5. The molecule has 0 atom stereocenters. The molecule has 3 rings (SSSR count). The first-order chi connectivity index (χ1) is 12.0. The van der Waals surface area contributed by atoms with Crippen LogP contribution >= 0.6 is 11.6 Å². The van der Waals surface area contributed by atoms with Crippen LogP contribution in [0.1, 0.15) is 20.3 Å². The lowest BCUT2D eigenvalue weighted by Crippen LogP contribution is -2.44. The molecule has 0 aliphatic carbocycles. The fourth-order valence-electron chi connectivity index (χ4n) is 3.07. The van der Waals surface area contributed by atoms with Crippen LogP contribution in [0.15, 0.2) is 18.5 Å². The number of carbonyl (C=O) groups is 1. The van der Waals surface area contributed by atoms with Crippen molar-refractivity contribution in [1.82, 2.24) is 19.8 Å². The SMILES string of the molecule is CC(C)CCNC(=O)n1cnc2c(N3CCN(C)CC3)cc(Cl)cc21. The van der Waals surface area contributed by atoms with Crippen molar-refractivity contribution >= 4 is 34.4 Å². The van der Waals surface area contributed by atoms with Crippen molar-refractivity contribution in [3.05, 3.63) is 23.5 Å². The van der Waals surface area contributed by atoms with Crippen LogP contribution in [0, 0.1) is 5.92 Å². The molecule has 1 saturated heterocycles. The lowest BCUT2D eigenvalue weighted by Gasteiger charge is -2.34. The largest absolute Gasteiger partial charge is 0.367 e. The minimum absolute atomic E-state index is 0.158. The fraction of sp³-hybridized carbons (Fsp3) is 0.556. The van der Waals surface area contributed by atoms with E-state index >= 15 is 0 Å². The minimum atomic E-state index is -0.158. The van der Waals surface area contributed by atoms with Gasteiger partial charge in [0.1, 0.15) is 11.8 Å². The lowest BCUT2D eigenvalue weighted by molar-refractivity contribution is 0.242. The number of hydrogen-bond acceptors (Lipinski definition) is 4. The zero-order chi connectivity index (χ0) is 18.0. The first-order valence-electron chi connectivity index (χ1n) is 8.84. The van der Waals surface area contributed by atoms with Crippen LogP contribution in [-0.2, 0) is 0 Å². The first-order valence-corrected chi connectivity index (χ1v) is 9.22. The summed E-state index contributed by atoms with van der Waals surface area (Å²) in [6.07, 6.45) is 2.54. The second-order valence-corrected chi connectivity index (χ2v) is 7.55. The van der Waals surface area contributed by atoms with Gasteiger partial charge in [-0.15, -0.1) is 0 Å². The summed E-state index contributed by atoms with van der Waals surface area (Å²) in [5.41, 5.74) is 2.58. The van der Waals surface area contributed by atoms with E-state index in [0.717, 1.165) is 49.3 Å². The molecule has 1 aromatic carbocycles. The third kappa shape index (κ3) is 4.07. The van der Waals surface area contributed by atoms with Gasteiger partial charge in [-0.2, -0.15) is 0 Å². The Morgan fingerprint density at radius 1 is 1.28 bits per heavy atom. The predicted octanol–water partition coefficient (Wildman–Crippen LogP) is 3.05. The summed E-state index contributed by atoms with van der Waals surface area (Å²) in [6, 6.07) is 3.60. The number of likely N-dealkylation sites (N-methyl/N-ethyl adjacent to an activating group) is 1. The fourth-order valence-corrected chi connectivity index (χ4v) is 3.27. The Balaban J connectivity index is 1.86. The number of halogens is 1. The number of imidazole rings is 1. The summed E-state index contributed by atoms with van der Waals surface area (Å²) in [6.45, 7) is 8.80. The molecule has 2 aromatic rings. The van der Waals surface area contributed by atoms with E-state index in [4.69, 9.17) is 11.6 Å². The molecule has 1 fully saturated rings. The van der Waals surface area contributed by atoms with Gasteiger partial charge in [-0.25, -0.2) is 9.78 Å². The predicted molar refractivity (Wildman–Crippen MR) is 103 cm³/mol. The van der Waals surface area contributed by atoms with Gasteiger partial charge < -0.3 is 15.1 Å². The Bertz CT molecular complexity index is 749. The minimum Gasteiger partial charge on any atom is -0.367 e. The molecular formula is C18H26ClN5O. The number of nitrogens with zero attached hydrogens (tertiary/aromatic N) is 4. The monoisotopic (exact) mass is 363 g/mol. The van der Waals surface area contributed by atoms with Crippen molar-refractivity contribution in [2.45, 2.75) is 20.3 Å². The van der Waals surface area contributed by atoms with E-state index in [2.05, 4.69) is 41.0 Å². The van der Waals surface area contributed by atoms with E-state index in [1.807, 2.05) is 12.1 Å². The maximum absolute atomic E-state index is 12.5. The molecule has 1 aromatic heterocycles. The van der Waals surface area contributed by atoms with Gasteiger partial charge >= 0.3 is 6.03 Å². The van der Waals surface area contributed by atoms with E-state index in [-0.39, 0.29) is 6.03 Å². The van der Waals surface area contributed by atoms with Crippen molar-refractivity contribution in [3.63, 3.8) is 0 Å². The average molecular weight is 364 g/mol. The van der Waals surface area contributed by atoms with Crippen molar-refractivity contribution in [2.75, 3.05) is 44.7 Å². The van der Waals surface area contributed by atoms with Gasteiger partial charge in [-0.3, -0.25) is 4.57 Å². The third-order valence-corrected chi connectivity index (χ3v) is 4.88. The molecule has 0 bridgehead atoms. The molecule has 136 valence electrons. The van der Waals surface area contributed by atoms with Gasteiger partial charge in [0.05, 0.1) is 11.2 Å². The van der Waals surface area contributed by atoms with Gasteiger partial charge in [0.2, 0.25) is 0 Å². The van der Waals surface area contributed by atoms with Gasteiger partial charge in [-0.1, -0.05) is 25.4 Å². The summed E-state index contributed by atoms with van der Waals surface area (Å²) < 4.78 is 1.56. The highest BCUT2D eigenvalue weighted by Crippen LogP contribution is 2.30. The smallest absolute Gasteiger partial charge is 0.327 e. The molecule has 7 heteroatoms. The quantitative estimate of drug-likeness (QED) is 0.907. The first kappa shape index (κ1) is 18.0. The maximum Gasteiger partial charge on any atom is 0.327 e. The highest BCUT2D eigenvalue weighted by atomic mass is 35.5. The van der Waals surface area contributed by atoms with Crippen molar-refractivity contribution in [1.29, 1.82) is 0 Å². The zero-order valence-corrected chi connectivity index (χ0v) is 15.9. The number of anilines is 1. The molecule has 25 heavy (non-hydrogen) atoms. The number of fused-ring (bicyclic) bond motifs is 1. The van der Waals surface area contributed by atoms with E-state index in [0.29, 0.717) is 17.5 Å². The van der Waals surface area contributed by atoms with Gasteiger partial charge in [-0.05, 0) is 31.5 Å².